The van der Waals surface area contributed by atoms with Gasteiger partial charge in [0.05, 0.1) is 5.60 Å². The topological polar surface area (TPSA) is 23.5 Å². The summed E-state index contributed by atoms with van der Waals surface area (Å²) in [7, 11) is 2.18. The smallest absolute Gasteiger partial charge is 0.0990 e. The van der Waals surface area contributed by atoms with Gasteiger partial charge in [-0.3, -0.25) is 0 Å². The maximum absolute atomic E-state index is 11.6. The number of piperidine rings is 1. The molecule has 1 atom stereocenters. The van der Waals surface area contributed by atoms with E-state index in [9.17, 15) is 5.11 Å². The SMILES string of the molecule is Cc1cc2c(s1)CC(C)(C)C2(O)C1CCN(C)CC1. The molecule has 0 aromatic carbocycles. The van der Waals surface area contributed by atoms with Crippen LogP contribution >= 0.6 is 11.3 Å². The van der Waals surface area contributed by atoms with Crippen LogP contribution in [0.3, 0.4) is 0 Å². The molecule has 19 heavy (non-hydrogen) atoms. The van der Waals surface area contributed by atoms with Gasteiger partial charge < -0.3 is 10.0 Å². The van der Waals surface area contributed by atoms with E-state index in [1.54, 1.807) is 0 Å². The molecule has 106 valence electrons. The standard InChI is InChI=1S/C16H25NOS/c1-11-9-13-14(19-11)10-15(2,3)16(13,18)12-5-7-17(4)8-6-12/h9,12,18H,5-8,10H2,1-4H3. The van der Waals surface area contributed by atoms with Gasteiger partial charge in [0.2, 0.25) is 0 Å². The zero-order chi connectivity index (χ0) is 13.8. The minimum Gasteiger partial charge on any atom is -0.384 e. The monoisotopic (exact) mass is 279 g/mol. The number of nitrogens with zero attached hydrogens (tertiary/aromatic N) is 1. The second-order valence-corrected chi connectivity index (χ2v) is 8.44. The van der Waals surface area contributed by atoms with Gasteiger partial charge in [0.15, 0.2) is 0 Å². The second kappa shape index (κ2) is 4.31. The molecule has 0 amide bonds. The first-order valence-corrected chi connectivity index (χ1v) is 8.17. The Bertz CT molecular complexity index is 485. The summed E-state index contributed by atoms with van der Waals surface area (Å²) in [5, 5.41) is 11.6. The summed E-state index contributed by atoms with van der Waals surface area (Å²) in [5.41, 5.74) is 0.603. The predicted molar refractivity (Wildman–Crippen MR) is 80.7 cm³/mol. The zero-order valence-electron chi connectivity index (χ0n) is 12.5. The highest BCUT2D eigenvalue weighted by Gasteiger charge is 2.56. The zero-order valence-corrected chi connectivity index (χ0v) is 13.3. The van der Waals surface area contributed by atoms with Gasteiger partial charge in [0.1, 0.15) is 0 Å². The number of hydrogen-bond donors (Lipinski definition) is 1. The summed E-state index contributed by atoms with van der Waals surface area (Å²) < 4.78 is 0. The Labute approximate surface area is 120 Å². The van der Waals surface area contributed by atoms with Crippen molar-refractivity contribution in [2.75, 3.05) is 20.1 Å². The van der Waals surface area contributed by atoms with Crippen molar-refractivity contribution in [2.45, 2.75) is 45.6 Å². The molecule has 1 unspecified atom stereocenters. The van der Waals surface area contributed by atoms with Crippen molar-refractivity contribution < 1.29 is 5.11 Å². The van der Waals surface area contributed by atoms with Crippen molar-refractivity contribution in [1.29, 1.82) is 0 Å². The van der Waals surface area contributed by atoms with Crippen molar-refractivity contribution >= 4 is 11.3 Å². The molecule has 3 heteroatoms. The number of likely N-dealkylation sites (tertiary alicyclic amines) is 1. The highest BCUT2D eigenvalue weighted by molar-refractivity contribution is 7.12. The quantitative estimate of drug-likeness (QED) is 0.853. The van der Waals surface area contributed by atoms with Gasteiger partial charge in [-0.05, 0) is 63.9 Å². The van der Waals surface area contributed by atoms with Crippen LogP contribution in [0.4, 0.5) is 0 Å². The molecule has 1 aromatic heterocycles. The molecular formula is C16H25NOS. The van der Waals surface area contributed by atoms with Gasteiger partial charge in [-0.2, -0.15) is 0 Å². The largest absolute Gasteiger partial charge is 0.384 e. The number of aliphatic hydroxyl groups is 1. The Morgan fingerprint density at radius 2 is 1.95 bits per heavy atom. The summed E-state index contributed by atoms with van der Waals surface area (Å²) in [6.45, 7) is 8.87. The fourth-order valence-electron chi connectivity index (χ4n) is 4.12. The molecular weight excluding hydrogens is 254 g/mol. The van der Waals surface area contributed by atoms with Crippen molar-refractivity contribution in [3.8, 4) is 0 Å². The van der Waals surface area contributed by atoms with E-state index in [0.29, 0.717) is 5.92 Å². The normalized spacial score (nSPS) is 31.6. The number of aryl methyl sites for hydroxylation is 1. The molecule has 0 spiro atoms. The van der Waals surface area contributed by atoms with Crippen LogP contribution in [0.15, 0.2) is 6.07 Å². The van der Waals surface area contributed by atoms with Crippen molar-refractivity contribution in [3.05, 3.63) is 21.4 Å². The first kappa shape index (κ1) is 13.6. The van der Waals surface area contributed by atoms with Gasteiger partial charge in [0, 0.05) is 15.2 Å². The average Bonchev–Trinajstić information content (AvgIpc) is 2.76. The lowest BCUT2D eigenvalue weighted by Crippen LogP contribution is -2.49. The average molecular weight is 279 g/mol. The van der Waals surface area contributed by atoms with Gasteiger partial charge in [-0.1, -0.05) is 13.8 Å². The van der Waals surface area contributed by atoms with Crippen LogP contribution in [0.2, 0.25) is 0 Å². The Morgan fingerprint density at radius 3 is 2.58 bits per heavy atom. The van der Waals surface area contributed by atoms with Crippen LogP contribution < -0.4 is 0 Å². The lowest BCUT2D eigenvalue weighted by molar-refractivity contribution is -0.121. The number of thiophene rings is 1. The number of hydrogen-bond acceptors (Lipinski definition) is 3. The molecule has 1 N–H and O–H groups in total. The molecule has 0 saturated carbocycles. The molecule has 0 radical (unpaired) electrons. The Kier molecular flexibility index (Phi) is 3.08. The van der Waals surface area contributed by atoms with Crippen molar-refractivity contribution in [1.82, 2.24) is 4.90 Å². The van der Waals surface area contributed by atoms with Gasteiger partial charge in [-0.15, -0.1) is 11.3 Å². The highest BCUT2D eigenvalue weighted by Crippen LogP contribution is 2.57. The third-order valence-electron chi connectivity index (χ3n) is 5.29. The fraction of sp³-hybridized carbons (Fsp3) is 0.750. The Morgan fingerprint density at radius 1 is 1.32 bits per heavy atom. The van der Waals surface area contributed by atoms with E-state index in [2.05, 4.69) is 38.8 Å². The molecule has 1 fully saturated rings. The summed E-state index contributed by atoms with van der Waals surface area (Å²) in [6, 6.07) is 2.24. The summed E-state index contributed by atoms with van der Waals surface area (Å²) in [6.07, 6.45) is 3.26. The summed E-state index contributed by atoms with van der Waals surface area (Å²) in [5.74, 6) is 0.411. The van der Waals surface area contributed by atoms with E-state index >= 15 is 0 Å². The van der Waals surface area contributed by atoms with E-state index in [1.165, 1.54) is 15.3 Å². The van der Waals surface area contributed by atoms with Crippen molar-refractivity contribution in [2.24, 2.45) is 11.3 Å². The van der Waals surface area contributed by atoms with E-state index in [1.807, 2.05) is 11.3 Å². The maximum atomic E-state index is 11.6. The minimum atomic E-state index is -0.617. The fourth-order valence-corrected chi connectivity index (χ4v) is 5.44. The molecule has 1 aliphatic heterocycles. The molecule has 2 aliphatic rings. The lowest BCUT2D eigenvalue weighted by Gasteiger charge is -2.46. The Hall–Kier alpha value is -0.380. The Balaban J connectivity index is 1.99. The maximum Gasteiger partial charge on any atom is 0.0990 e. The van der Waals surface area contributed by atoms with E-state index in [-0.39, 0.29) is 5.41 Å². The first-order chi connectivity index (χ1) is 8.84. The second-order valence-electron chi connectivity index (χ2n) is 7.10. The van der Waals surface area contributed by atoms with Crippen LogP contribution in [0.5, 0.6) is 0 Å². The van der Waals surface area contributed by atoms with Gasteiger partial charge >= 0.3 is 0 Å². The van der Waals surface area contributed by atoms with E-state index < -0.39 is 5.60 Å². The molecule has 0 bridgehead atoms. The molecule has 3 rings (SSSR count). The van der Waals surface area contributed by atoms with Crippen LogP contribution in [-0.4, -0.2) is 30.1 Å². The molecule has 1 aliphatic carbocycles. The van der Waals surface area contributed by atoms with Crippen LogP contribution in [0, 0.1) is 18.3 Å². The molecule has 2 heterocycles. The summed E-state index contributed by atoms with van der Waals surface area (Å²) >= 11 is 1.88. The first-order valence-electron chi connectivity index (χ1n) is 7.35. The van der Waals surface area contributed by atoms with Crippen LogP contribution in [0.1, 0.15) is 42.0 Å². The third-order valence-corrected chi connectivity index (χ3v) is 6.34. The number of rotatable bonds is 1. The highest BCUT2D eigenvalue weighted by atomic mass is 32.1. The third kappa shape index (κ3) is 1.90. The van der Waals surface area contributed by atoms with Crippen LogP contribution in [-0.2, 0) is 12.0 Å². The molecule has 2 nitrogen and oxygen atoms in total. The number of fused-ring (bicyclic) bond motifs is 1. The molecule has 1 aromatic rings. The minimum absolute atomic E-state index is 0.0254. The predicted octanol–water partition coefficient (Wildman–Crippen LogP) is 3.17. The lowest BCUT2D eigenvalue weighted by atomic mass is 9.65. The molecule has 1 saturated heterocycles. The van der Waals surface area contributed by atoms with E-state index in [0.717, 1.165) is 32.4 Å². The summed E-state index contributed by atoms with van der Waals surface area (Å²) in [4.78, 5) is 5.14. The van der Waals surface area contributed by atoms with E-state index in [4.69, 9.17) is 0 Å². The van der Waals surface area contributed by atoms with Gasteiger partial charge in [0.25, 0.3) is 0 Å². The van der Waals surface area contributed by atoms with Gasteiger partial charge in [-0.25, -0.2) is 0 Å². The van der Waals surface area contributed by atoms with Crippen molar-refractivity contribution in [3.63, 3.8) is 0 Å². The van der Waals surface area contributed by atoms with Crippen LogP contribution in [0.25, 0.3) is 0 Å².